The first-order chi connectivity index (χ1) is 8.65. The molecule has 0 heterocycles. The lowest BCUT2D eigenvalue weighted by Crippen LogP contribution is -1.83. The number of rotatable bonds is 0. The number of anilines is 1. The Bertz CT molecular complexity index is 542. The van der Waals surface area contributed by atoms with Crippen molar-refractivity contribution in [2.75, 3.05) is 5.73 Å². The fraction of sp³-hybridized carbons (Fsp3) is 0.0588. The molecule has 0 saturated carbocycles. The van der Waals surface area contributed by atoms with Crippen molar-refractivity contribution in [3.8, 4) is 24.7 Å². The molecule has 0 bridgehead atoms. The second-order valence-electron chi connectivity index (χ2n) is 3.78. The average Bonchev–Trinajstić information content (AvgIpc) is 2.39. The SMILES string of the molecule is C#Cc1cccc(C)c1.C#Cc1cccc(N)c1. The zero-order chi connectivity index (χ0) is 13.4. The van der Waals surface area contributed by atoms with Crippen molar-refractivity contribution < 1.29 is 0 Å². The maximum absolute atomic E-state index is 5.44. The molecule has 0 aromatic heterocycles. The molecule has 0 unspecified atom stereocenters. The Morgan fingerprint density at radius 3 is 1.83 bits per heavy atom. The molecule has 1 nitrogen and oxygen atoms in total. The number of nitrogen functional groups attached to an aromatic ring is 1. The van der Waals surface area contributed by atoms with Gasteiger partial charge in [0.2, 0.25) is 0 Å². The Morgan fingerprint density at radius 2 is 1.44 bits per heavy atom. The Kier molecular flexibility index (Phi) is 5.10. The van der Waals surface area contributed by atoms with E-state index >= 15 is 0 Å². The summed E-state index contributed by atoms with van der Waals surface area (Å²) in [5.41, 5.74) is 9.15. The highest BCUT2D eigenvalue weighted by Crippen LogP contribution is 2.03. The van der Waals surface area contributed by atoms with Crippen LogP contribution in [0.4, 0.5) is 5.69 Å². The van der Waals surface area contributed by atoms with Gasteiger partial charge in [-0.3, -0.25) is 0 Å². The van der Waals surface area contributed by atoms with Gasteiger partial charge < -0.3 is 5.73 Å². The lowest BCUT2D eigenvalue weighted by molar-refractivity contribution is 1.46. The van der Waals surface area contributed by atoms with Gasteiger partial charge in [0.1, 0.15) is 0 Å². The van der Waals surface area contributed by atoms with Crippen LogP contribution in [0.15, 0.2) is 48.5 Å². The Labute approximate surface area is 109 Å². The number of terminal acetylenes is 2. The van der Waals surface area contributed by atoms with Crippen LogP contribution in [0.5, 0.6) is 0 Å². The molecule has 2 aromatic rings. The van der Waals surface area contributed by atoms with Crippen LogP contribution in [0.25, 0.3) is 0 Å². The monoisotopic (exact) mass is 233 g/mol. The molecule has 0 amide bonds. The summed E-state index contributed by atoms with van der Waals surface area (Å²) in [7, 11) is 0. The normalized spacial score (nSPS) is 8.39. The number of benzene rings is 2. The highest BCUT2D eigenvalue weighted by Gasteiger charge is 1.84. The predicted octanol–water partition coefficient (Wildman–Crippen LogP) is 3.23. The smallest absolute Gasteiger partial charge is 0.0326 e. The van der Waals surface area contributed by atoms with Crippen molar-refractivity contribution in [1.29, 1.82) is 0 Å². The maximum atomic E-state index is 5.44. The van der Waals surface area contributed by atoms with E-state index in [9.17, 15) is 0 Å². The molecular weight excluding hydrogens is 218 g/mol. The predicted molar refractivity (Wildman–Crippen MR) is 77.9 cm³/mol. The fourth-order valence-corrected chi connectivity index (χ4v) is 1.36. The molecule has 1 heteroatoms. The molecule has 0 aliphatic rings. The van der Waals surface area contributed by atoms with Crippen molar-refractivity contribution in [1.82, 2.24) is 0 Å². The van der Waals surface area contributed by atoms with Crippen LogP contribution in [0.3, 0.4) is 0 Å². The van der Waals surface area contributed by atoms with Gasteiger partial charge in [0, 0.05) is 16.8 Å². The van der Waals surface area contributed by atoms with E-state index in [0.717, 1.165) is 11.1 Å². The lowest BCUT2D eigenvalue weighted by Gasteiger charge is -1.90. The van der Waals surface area contributed by atoms with Gasteiger partial charge in [-0.15, -0.1) is 12.8 Å². The minimum absolute atomic E-state index is 0.713. The first-order valence-corrected chi connectivity index (χ1v) is 5.51. The third-order valence-corrected chi connectivity index (χ3v) is 2.24. The molecule has 2 N–H and O–H groups in total. The van der Waals surface area contributed by atoms with E-state index < -0.39 is 0 Å². The molecule has 2 aromatic carbocycles. The van der Waals surface area contributed by atoms with Crippen molar-refractivity contribution in [2.24, 2.45) is 0 Å². The average molecular weight is 233 g/mol. The van der Waals surface area contributed by atoms with Gasteiger partial charge in [0.25, 0.3) is 0 Å². The van der Waals surface area contributed by atoms with Crippen LogP contribution in [0.2, 0.25) is 0 Å². The quantitative estimate of drug-likeness (QED) is 0.548. The molecule has 0 aliphatic heterocycles. The molecule has 0 saturated heterocycles. The number of hydrogen-bond donors (Lipinski definition) is 1. The third kappa shape index (κ3) is 4.47. The van der Waals surface area contributed by atoms with Gasteiger partial charge in [-0.1, -0.05) is 30.0 Å². The molecule has 0 fully saturated rings. The highest BCUT2D eigenvalue weighted by atomic mass is 14.5. The van der Waals surface area contributed by atoms with Gasteiger partial charge in [0.05, 0.1) is 0 Å². The Hall–Kier alpha value is -2.64. The largest absolute Gasteiger partial charge is 0.399 e. The molecule has 0 atom stereocenters. The second-order valence-corrected chi connectivity index (χ2v) is 3.78. The van der Waals surface area contributed by atoms with Gasteiger partial charge in [-0.05, 0) is 42.8 Å². The molecular formula is C17H15N. The summed E-state index contributed by atoms with van der Waals surface area (Å²) in [6.07, 6.45) is 10.3. The van der Waals surface area contributed by atoms with E-state index in [-0.39, 0.29) is 0 Å². The maximum Gasteiger partial charge on any atom is 0.0326 e. The molecule has 0 radical (unpaired) electrons. The van der Waals surface area contributed by atoms with E-state index in [4.69, 9.17) is 18.6 Å². The van der Waals surface area contributed by atoms with Gasteiger partial charge in [-0.25, -0.2) is 0 Å². The van der Waals surface area contributed by atoms with Crippen LogP contribution in [-0.4, -0.2) is 0 Å². The zero-order valence-corrected chi connectivity index (χ0v) is 10.4. The van der Waals surface area contributed by atoms with E-state index in [0.29, 0.717) is 5.69 Å². The highest BCUT2D eigenvalue weighted by molar-refractivity contribution is 5.46. The lowest BCUT2D eigenvalue weighted by atomic mass is 10.1. The summed E-state index contributed by atoms with van der Waals surface area (Å²) >= 11 is 0. The zero-order valence-electron chi connectivity index (χ0n) is 10.4. The molecule has 18 heavy (non-hydrogen) atoms. The van der Waals surface area contributed by atoms with Crippen LogP contribution >= 0.6 is 0 Å². The van der Waals surface area contributed by atoms with E-state index in [1.807, 2.05) is 43.3 Å². The Balaban J connectivity index is 0.000000180. The molecule has 0 spiro atoms. The molecule has 2 rings (SSSR count). The standard InChI is InChI=1S/C9H8.C8H7N/c1-3-9-6-4-5-8(2)7-9;1-2-7-4-3-5-8(9)6-7/h1,4-7H,2H3;1,3-6H,9H2. The summed E-state index contributed by atoms with van der Waals surface area (Å²) in [5.74, 6) is 5.06. The first-order valence-electron chi connectivity index (χ1n) is 5.51. The van der Waals surface area contributed by atoms with Crippen molar-refractivity contribution in [2.45, 2.75) is 6.92 Å². The van der Waals surface area contributed by atoms with Gasteiger partial charge in [0.15, 0.2) is 0 Å². The Morgan fingerprint density at radius 1 is 0.889 bits per heavy atom. The first kappa shape index (κ1) is 13.4. The van der Waals surface area contributed by atoms with E-state index in [2.05, 4.69) is 11.8 Å². The summed E-state index contributed by atoms with van der Waals surface area (Å²) in [4.78, 5) is 0. The summed E-state index contributed by atoms with van der Waals surface area (Å²) in [5, 5.41) is 0. The van der Waals surface area contributed by atoms with Crippen molar-refractivity contribution >= 4 is 5.69 Å². The second kappa shape index (κ2) is 6.84. The number of hydrogen-bond acceptors (Lipinski definition) is 1. The molecule has 88 valence electrons. The van der Waals surface area contributed by atoms with Gasteiger partial charge >= 0.3 is 0 Å². The number of aryl methyl sites for hydroxylation is 1. The minimum atomic E-state index is 0.713. The summed E-state index contributed by atoms with van der Waals surface area (Å²) in [6, 6.07) is 15.2. The summed E-state index contributed by atoms with van der Waals surface area (Å²) in [6.45, 7) is 2.03. The van der Waals surface area contributed by atoms with Crippen LogP contribution < -0.4 is 5.73 Å². The van der Waals surface area contributed by atoms with Crippen molar-refractivity contribution in [3.05, 3.63) is 65.2 Å². The number of nitrogens with two attached hydrogens (primary N) is 1. The minimum Gasteiger partial charge on any atom is -0.399 e. The van der Waals surface area contributed by atoms with E-state index in [1.54, 1.807) is 12.1 Å². The van der Waals surface area contributed by atoms with Crippen LogP contribution in [-0.2, 0) is 0 Å². The topological polar surface area (TPSA) is 26.0 Å². The third-order valence-electron chi connectivity index (χ3n) is 2.24. The van der Waals surface area contributed by atoms with Crippen molar-refractivity contribution in [3.63, 3.8) is 0 Å². The molecule has 0 aliphatic carbocycles. The van der Waals surface area contributed by atoms with E-state index in [1.165, 1.54) is 5.56 Å². The van der Waals surface area contributed by atoms with Crippen LogP contribution in [0.1, 0.15) is 16.7 Å². The van der Waals surface area contributed by atoms with Crippen LogP contribution in [0, 0.1) is 31.6 Å². The fourth-order valence-electron chi connectivity index (χ4n) is 1.36. The van der Waals surface area contributed by atoms with Gasteiger partial charge in [-0.2, -0.15) is 0 Å². The summed E-state index contributed by atoms with van der Waals surface area (Å²) < 4.78 is 0.